The Morgan fingerprint density at radius 2 is 2.05 bits per heavy atom. The molecule has 6 nitrogen and oxygen atoms in total. The number of nitrogens with zero attached hydrogens (tertiary/aromatic N) is 1. The number of carbonyl (C=O) groups excluding carboxylic acids is 1. The van der Waals surface area contributed by atoms with E-state index in [0.717, 1.165) is 12.8 Å². The average Bonchev–Trinajstić information content (AvgIpc) is 2.43. The molecule has 0 aromatic heterocycles. The fourth-order valence-corrected chi connectivity index (χ4v) is 2.27. The lowest BCUT2D eigenvalue weighted by Crippen LogP contribution is -2.44. The predicted octanol–water partition coefficient (Wildman–Crippen LogP) is 1.62. The van der Waals surface area contributed by atoms with E-state index < -0.39 is 12.0 Å². The lowest BCUT2D eigenvalue weighted by Gasteiger charge is -2.23. The first kappa shape index (κ1) is 16.5. The Labute approximate surface area is 119 Å². The molecule has 6 heteroatoms. The number of carboxylic acid groups (broad SMARTS) is 1. The Kier molecular flexibility index (Phi) is 7.72. The van der Waals surface area contributed by atoms with Crippen molar-refractivity contribution >= 4 is 12.0 Å². The van der Waals surface area contributed by atoms with Crippen molar-refractivity contribution in [1.29, 1.82) is 0 Å². The van der Waals surface area contributed by atoms with Crippen LogP contribution in [0.25, 0.3) is 0 Å². The van der Waals surface area contributed by atoms with Gasteiger partial charge in [-0.15, -0.1) is 6.58 Å². The molecule has 0 bridgehead atoms. The summed E-state index contributed by atoms with van der Waals surface area (Å²) in [7, 11) is 0. The second kappa shape index (κ2) is 9.36. The SMILES string of the molecule is C=CCN(CC(=O)O)C(=O)NCCOC1CCCCC1. The topological polar surface area (TPSA) is 78.9 Å². The van der Waals surface area contributed by atoms with Crippen LogP contribution in [-0.4, -0.2) is 54.4 Å². The molecule has 114 valence electrons. The van der Waals surface area contributed by atoms with Crippen molar-refractivity contribution < 1.29 is 19.4 Å². The molecule has 2 amide bonds. The summed E-state index contributed by atoms with van der Waals surface area (Å²) in [6, 6.07) is -0.403. The van der Waals surface area contributed by atoms with Crippen LogP contribution in [0.3, 0.4) is 0 Å². The van der Waals surface area contributed by atoms with Crippen LogP contribution >= 0.6 is 0 Å². The maximum absolute atomic E-state index is 11.8. The third-order valence-corrected chi connectivity index (χ3v) is 3.25. The van der Waals surface area contributed by atoms with E-state index in [-0.39, 0.29) is 13.1 Å². The fourth-order valence-electron chi connectivity index (χ4n) is 2.27. The maximum Gasteiger partial charge on any atom is 0.323 e. The van der Waals surface area contributed by atoms with E-state index in [1.54, 1.807) is 0 Å². The van der Waals surface area contributed by atoms with Crippen molar-refractivity contribution in [2.75, 3.05) is 26.2 Å². The molecule has 0 spiro atoms. The molecule has 0 aromatic rings. The van der Waals surface area contributed by atoms with E-state index >= 15 is 0 Å². The molecule has 0 unspecified atom stereocenters. The lowest BCUT2D eigenvalue weighted by molar-refractivity contribution is -0.137. The highest BCUT2D eigenvalue weighted by atomic mass is 16.5. The van der Waals surface area contributed by atoms with Gasteiger partial charge in [-0.2, -0.15) is 0 Å². The van der Waals surface area contributed by atoms with Crippen LogP contribution in [0.15, 0.2) is 12.7 Å². The fraction of sp³-hybridized carbons (Fsp3) is 0.714. The smallest absolute Gasteiger partial charge is 0.323 e. The molecule has 2 N–H and O–H groups in total. The van der Waals surface area contributed by atoms with E-state index in [0.29, 0.717) is 19.3 Å². The van der Waals surface area contributed by atoms with Gasteiger partial charge in [0.2, 0.25) is 0 Å². The number of nitrogens with one attached hydrogen (secondary N) is 1. The highest BCUT2D eigenvalue weighted by Gasteiger charge is 2.16. The lowest BCUT2D eigenvalue weighted by atomic mass is 9.98. The average molecular weight is 284 g/mol. The minimum absolute atomic E-state index is 0.210. The summed E-state index contributed by atoms with van der Waals surface area (Å²) in [5, 5.41) is 11.4. The van der Waals surface area contributed by atoms with Gasteiger partial charge in [-0.1, -0.05) is 25.3 Å². The molecule has 1 saturated carbocycles. The molecule has 1 rings (SSSR count). The van der Waals surface area contributed by atoms with Gasteiger partial charge in [0.1, 0.15) is 6.54 Å². The number of hydrogen-bond acceptors (Lipinski definition) is 3. The van der Waals surface area contributed by atoms with Crippen LogP contribution in [0.4, 0.5) is 4.79 Å². The third-order valence-electron chi connectivity index (χ3n) is 3.25. The molecular weight excluding hydrogens is 260 g/mol. The summed E-state index contributed by atoms with van der Waals surface area (Å²) in [5.41, 5.74) is 0. The summed E-state index contributed by atoms with van der Waals surface area (Å²) in [5.74, 6) is -1.04. The summed E-state index contributed by atoms with van der Waals surface area (Å²) >= 11 is 0. The molecule has 1 fully saturated rings. The highest BCUT2D eigenvalue weighted by Crippen LogP contribution is 2.19. The van der Waals surface area contributed by atoms with Crippen molar-refractivity contribution in [3.63, 3.8) is 0 Å². The zero-order valence-corrected chi connectivity index (χ0v) is 11.8. The zero-order valence-electron chi connectivity index (χ0n) is 11.8. The zero-order chi connectivity index (χ0) is 14.8. The number of urea groups is 1. The molecule has 0 atom stereocenters. The molecule has 0 aliphatic heterocycles. The van der Waals surface area contributed by atoms with Gasteiger partial charge in [-0.3, -0.25) is 4.79 Å². The first-order valence-corrected chi connectivity index (χ1v) is 7.10. The minimum atomic E-state index is -1.04. The number of amides is 2. The second-order valence-electron chi connectivity index (χ2n) is 4.93. The van der Waals surface area contributed by atoms with E-state index in [9.17, 15) is 9.59 Å². The molecule has 1 aliphatic rings. The first-order chi connectivity index (χ1) is 9.63. The van der Waals surface area contributed by atoms with Crippen molar-refractivity contribution in [3.8, 4) is 0 Å². The van der Waals surface area contributed by atoms with Crippen molar-refractivity contribution in [2.45, 2.75) is 38.2 Å². The van der Waals surface area contributed by atoms with Crippen LogP contribution in [0.5, 0.6) is 0 Å². The van der Waals surface area contributed by atoms with Gasteiger partial charge >= 0.3 is 12.0 Å². The molecule has 0 saturated heterocycles. The standard InChI is InChI=1S/C14H24N2O4/c1-2-9-16(11-13(17)18)14(19)15-8-10-20-12-6-4-3-5-7-12/h2,12H,1,3-11H2,(H,15,19)(H,17,18). The van der Waals surface area contributed by atoms with Gasteiger partial charge in [0.15, 0.2) is 0 Å². The van der Waals surface area contributed by atoms with Gasteiger partial charge in [0.05, 0.1) is 12.7 Å². The number of carboxylic acids is 1. The monoisotopic (exact) mass is 284 g/mol. The van der Waals surface area contributed by atoms with Crippen LogP contribution in [0, 0.1) is 0 Å². The second-order valence-corrected chi connectivity index (χ2v) is 4.93. The van der Waals surface area contributed by atoms with Gasteiger partial charge < -0.3 is 20.1 Å². The Hall–Kier alpha value is -1.56. The number of ether oxygens (including phenoxy) is 1. The van der Waals surface area contributed by atoms with Gasteiger partial charge in [0.25, 0.3) is 0 Å². The molecular formula is C14H24N2O4. The normalized spacial score (nSPS) is 15.6. The number of carbonyl (C=O) groups is 2. The largest absolute Gasteiger partial charge is 0.480 e. The van der Waals surface area contributed by atoms with E-state index in [2.05, 4.69) is 11.9 Å². The van der Waals surface area contributed by atoms with Crippen molar-refractivity contribution in [2.24, 2.45) is 0 Å². The molecule has 0 aromatic carbocycles. The van der Waals surface area contributed by atoms with Gasteiger partial charge in [-0.05, 0) is 12.8 Å². The molecule has 20 heavy (non-hydrogen) atoms. The van der Waals surface area contributed by atoms with Gasteiger partial charge in [-0.25, -0.2) is 4.79 Å². The Balaban J connectivity index is 2.19. The summed E-state index contributed by atoms with van der Waals surface area (Å²) in [6.07, 6.45) is 7.70. The maximum atomic E-state index is 11.8. The van der Waals surface area contributed by atoms with Crippen LogP contribution < -0.4 is 5.32 Å². The van der Waals surface area contributed by atoms with Crippen LogP contribution in [0.1, 0.15) is 32.1 Å². The Bertz CT molecular complexity index is 327. The quantitative estimate of drug-likeness (QED) is 0.524. The number of hydrogen-bond donors (Lipinski definition) is 2. The number of rotatable bonds is 8. The molecule has 0 radical (unpaired) electrons. The molecule has 1 aliphatic carbocycles. The van der Waals surface area contributed by atoms with Gasteiger partial charge in [0, 0.05) is 13.1 Å². The van der Waals surface area contributed by atoms with Crippen molar-refractivity contribution in [3.05, 3.63) is 12.7 Å². The number of aliphatic carboxylic acids is 1. The Morgan fingerprint density at radius 3 is 2.65 bits per heavy atom. The van der Waals surface area contributed by atoms with Crippen LogP contribution in [-0.2, 0) is 9.53 Å². The summed E-state index contributed by atoms with van der Waals surface area (Å²) in [4.78, 5) is 23.6. The first-order valence-electron chi connectivity index (χ1n) is 7.10. The Morgan fingerprint density at radius 1 is 1.35 bits per heavy atom. The van der Waals surface area contributed by atoms with E-state index in [4.69, 9.17) is 9.84 Å². The third kappa shape index (κ3) is 6.56. The summed E-state index contributed by atoms with van der Waals surface area (Å²) < 4.78 is 5.68. The highest BCUT2D eigenvalue weighted by molar-refractivity contribution is 5.80. The van der Waals surface area contributed by atoms with Crippen molar-refractivity contribution in [1.82, 2.24) is 10.2 Å². The molecule has 0 heterocycles. The summed E-state index contributed by atoms with van der Waals surface area (Å²) in [6.45, 7) is 4.24. The van der Waals surface area contributed by atoms with Crippen LogP contribution in [0.2, 0.25) is 0 Å². The predicted molar refractivity (Wildman–Crippen MR) is 75.6 cm³/mol. The minimum Gasteiger partial charge on any atom is -0.480 e. The van der Waals surface area contributed by atoms with E-state index in [1.807, 2.05) is 0 Å². The van der Waals surface area contributed by atoms with E-state index in [1.165, 1.54) is 30.2 Å².